The Morgan fingerprint density at radius 2 is 0.615 bits per heavy atom. The van der Waals surface area contributed by atoms with Crippen molar-refractivity contribution in [2.75, 3.05) is 0 Å². The van der Waals surface area contributed by atoms with Crippen molar-refractivity contribution < 1.29 is 0 Å². The van der Waals surface area contributed by atoms with Gasteiger partial charge < -0.3 is 0 Å². The minimum Gasteiger partial charge on any atom is -0.0320 e. The summed E-state index contributed by atoms with van der Waals surface area (Å²) in [5.41, 5.74) is 0. The molecule has 0 saturated carbocycles. The monoisotopic (exact) mass is 199 g/mol. The maximum atomic E-state index is 2.40. The zero-order chi connectivity index (χ0) is 11.1. The van der Waals surface area contributed by atoms with E-state index in [9.17, 15) is 0 Å². The summed E-state index contributed by atoms with van der Waals surface area (Å²) in [6.07, 6.45) is 0. The van der Waals surface area contributed by atoms with Crippen molar-refractivity contribution in [1.29, 1.82) is 0 Å². The highest BCUT2D eigenvalue weighted by atomic mass is 28.3. The van der Waals surface area contributed by atoms with Crippen LogP contribution in [0.5, 0.6) is 0 Å². The van der Waals surface area contributed by atoms with Gasteiger partial charge in [-0.3, -0.25) is 0 Å². The second-order valence-corrected chi connectivity index (χ2v) is 12.4. The standard InChI is InChI=1S/C12H27Si/c1-10(2,3)13(11(4,5)6)12(7,8)9/h1-9H3/q+1. The van der Waals surface area contributed by atoms with Crippen LogP contribution in [-0.2, 0) is 0 Å². The minimum absolute atomic E-state index is 0.391. The van der Waals surface area contributed by atoms with Gasteiger partial charge in [-0.2, -0.15) is 0 Å². The maximum absolute atomic E-state index is 2.40. The van der Waals surface area contributed by atoms with E-state index in [1.807, 2.05) is 0 Å². The predicted molar refractivity (Wildman–Crippen MR) is 64.9 cm³/mol. The van der Waals surface area contributed by atoms with Gasteiger partial charge in [-0.05, 0) is 62.3 Å². The summed E-state index contributed by atoms with van der Waals surface area (Å²) in [5, 5.41) is 1.46. The smallest absolute Gasteiger partial charge is 0.0320 e. The van der Waals surface area contributed by atoms with Gasteiger partial charge in [0.2, 0.25) is 0 Å². The fourth-order valence-corrected chi connectivity index (χ4v) is 10.1. The summed E-state index contributed by atoms with van der Waals surface area (Å²) < 4.78 is 0. The summed E-state index contributed by atoms with van der Waals surface area (Å²) in [7, 11) is -0.391. The van der Waals surface area contributed by atoms with Crippen molar-refractivity contribution in [3.05, 3.63) is 0 Å². The van der Waals surface area contributed by atoms with Gasteiger partial charge in [-0.25, -0.2) is 0 Å². The van der Waals surface area contributed by atoms with Crippen molar-refractivity contribution >= 4 is 8.80 Å². The SMILES string of the molecule is CC(C)(C)[Si+](C(C)(C)C)C(C)(C)C. The van der Waals surface area contributed by atoms with Gasteiger partial charge in [0, 0.05) is 0 Å². The molecule has 78 valence electrons. The molecule has 0 aliphatic carbocycles. The Balaban J connectivity index is 5.02. The molecule has 0 aromatic carbocycles. The largest absolute Gasteiger partial charge is 0.331 e. The molecule has 0 unspecified atom stereocenters. The van der Waals surface area contributed by atoms with E-state index in [1.54, 1.807) is 0 Å². The molecule has 0 aromatic heterocycles. The average molecular weight is 199 g/mol. The highest BCUT2D eigenvalue weighted by Crippen LogP contribution is 2.52. The lowest BCUT2D eigenvalue weighted by molar-refractivity contribution is 0.568. The van der Waals surface area contributed by atoms with E-state index in [0.29, 0.717) is 15.1 Å². The molecule has 0 nitrogen and oxygen atoms in total. The first-order chi connectivity index (χ1) is 5.37. The molecule has 0 aliphatic rings. The van der Waals surface area contributed by atoms with Crippen LogP contribution >= 0.6 is 0 Å². The number of rotatable bonds is 0. The van der Waals surface area contributed by atoms with Crippen LogP contribution in [0.4, 0.5) is 0 Å². The van der Waals surface area contributed by atoms with E-state index in [4.69, 9.17) is 0 Å². The van der Waals surface area contributed by atoms with Crippen LogP contribution in [0.2, 0.25) is 15.1 Å². The van der Waals surface area contributed by atoms with Crippen molar-refractivity contribution in [2.45, 2.75) is 77.4 Å². The lowest BCUT2D eigenvalue weighted by Crippen LogP contribution is -2.42. The van der Waals surface area contributed by atoms with Crippen LogP contribution in [0.1, 0.15) is 62.3 Å². The Kier molecular flexibility index (Phi) is 3.47. The molecule has 0 fully saturated rings. The molecule has 0 spiro atoms. The first kappa shape index (κ1) is 13.2. The molecule has 0 rings (SSSR count). The number of hydrogen-bond acceptors (Lipinski definition) is 0. The summed E-state index contributed by atoms with van der Waals surface area (Å²) in [5.74, 6) is 0. The molecule has 13 heavy (non-hydrogen) atoms. The van der Waals surface area contributed by atoms with Gasteiger partial charge in [-0.1, -0.05) is 0 Å². The third kappa shape index (κ3) is 3.84. The Morgan fingerprint density at radius 3 is 0.615 bits per heavy atom. The van der Waals surface area contributed by atoms with Crippen molar-refractivity contribution in [1.82, 2.24) is 0 Å². The van der Waals surface area contributed by atoms with Gasteiger partial charge in [-0.15, -0.1) is 0 Å². The minimum atomic E-state index is -0.391. The molecule has 0 aromatic rings. The van der Waals surface area contributed by atoms with Crippen LogP contribution in [-0.4, -0.2) is 8.80 Å². The molecule has 0 bridgehead atoms. The predicted octanol–water partition coefficient (Wildman–Crippen LogP) is 4.88. The Morgan fingerprint density at radius 1 is 0.462 bits per heavy atom. The van der Waals surface area contributed by atoms with Crippen molar-refractivity contribution in [3.8, 4) is 0 Å². The van der Waals surface area contributed by atoms with Gasteiger partial charge in [0.05, 0.1) is 15.1 Å². The first-order valence-corrected chi connectivity index (χ1v) is 6.75. The zero-order valence-electron chi connectivity index (χ0n) is 11.0. The summed E-state index contributed by atoms with van der Waals surface area (Å²) >= 11 is 0. The quantitative estimate of drug-likeness (QED) is 0.488. The Bertz CT molecular complexity index is 128. The van der Waals surface area contributed by atoms with E-state index in [2.05, 4.69) is 62.3 Å². The lowest BCUT2D eigenvalue weighted by Gasteiger charge is -2.34. The number of hydrogen-bond donors (Lipinski definition) is 0. The average Bonchev–Trinajstić information content (AvgIpc) is 1.44. The van der Waals surface area contributed by atoms with Crippen LogP contribution in [0.15, 0.2) is 0 Å². The van der Waals surface area contributed by atoms with Crippen LogP contribution in [0.3, 0.4) is 0 Å². The summed E-state index contributed by atoms with van der Waals surface area (Å²) in [6.45, 7) is 21.6. The van der Waals surface area contributed by atoms with Gasteiger partial charge in [0.15, 0.2) is 0 Å². The molecule has 0 heterocycles. The molecular weight excluding hydrogens is 172 g/mol. The van der Waals surface area contributed by atoms with Crippen LogP contribution < -0.4 is 0 Å². The third-order valence-electron chi connectivity index (χ3n) is 2.25. The summed E-state index contributed by atoms with van der Waals surface area (Å²) in [4.78, 5) is 0. The molecule has 0 N–H and O–H groups in total. The second-order valence-electron chi connectivity index (χ2n) is 7.12. The van der Waals surface area contributed by atoms with Crippen LogP contribution in [0, 0.1) is 0 Å². The van der Waals surface area contributed by atoms with E-state index >= 15 is 0 Å². The van der Waals surface area contributed by atoms with Gasteiger partial charge in [0.1, 0.15) is 0 Å². The maximum Gasteiger partial charge on any atom is 0.331 e. The second kappa shape index (κ2) is 3.41. The fraction of sp³-hybridized carbons (Fsp3) is 1.00. The molecular formula is C12H27Si+. The van der Waals surface area contributed by atoms with E-state index in [1.165, 1.54) is 0 Å². The molecule has 0 atom stereocenters. The third-order valence-corrected chi connectivity index (χ3v) is 6.75. The Labute approximate surface area is 86.7 Å². The van der Waals surface area contributed by atoms with Crippen LogP contribution in [0.25, 0.3) is 0 Å². The summed E-state index contributed by atoms with van der Waals surface area (Å²) in [6, 6.07) is 0. The Hall–Kier alpha value is 0.217. The molecule has 0 aliphatic heterocycles. The fourth-order valence-electron chi connectivity index (χ4n) is 3.38. The highest BCUT2D eigenvalue weighted by Gasteiger charge is 2.58. The first-order valence-electron chi connectivity index (χ1n) is 5.25. The molecule has 0 amide bonds. The van der Waals surface area contributed by atoms with Crippen molar-refractivity contribution in [2.24, 2.45) is 0 Å². The topological polar surface area (TPSA) is 0 Å². The lowest BCUT2D eigenvalue weighted by atomic mass is 10.2. The normalized spacial score (nSPS) is 14.5. The van der Waals surface area contributed by atoms with Gasteiger partial charge in [0.25, 0.3) is 0 Å². The van der Waals surface area contributed by atoms with E-state index in [-0.39, 0.29) is 0 Å². The van der Waals surface area contributed by atoms with E-state index in [0.717, 1.165) is 0 Å². The van der Waals surface area contributed by atoms with E-state index < -0.39 is 8.80 Å². The highest BCUT2D eigenvalue weighted by molar-refractivity contribution is 6.68. The van der Waals surface area contributed by atoms with Crippen molar-refractivity contribution in [3.63, 3.8) is 0 Å². The molecule has 0 saturated heterocycles. The molecule has 0 radical (unpaired) electrons. The zero-order valence-corrected chi connectivity index (χ0v) is 12.0. The molecule has 1 heteroatoms. The van der Waals surface area contributed by atoms with Gasteiger partial charge >= 0.3 is 8.80 Å².